The van der Waals surface area contributed by atoms with Gasteiger partial charge < -0.3 is 9.53 Å². The summed E-state index contributed by atoms with van der Waals surface area (Å²) in [5.41, 5.74) is 2.45. The minimum atomic E-state index is 0.231. The maximum atomic E-state index is 11.1. The number of hydrogen-bond acceptors (Lipinski definition) is 2. The fourth-order valence-corrected chi connectivity index (χ4v) is 2.08. The summed E-state index contributed by atoms with van der Waals surface area (Å²) in [5, 5.41) is 0. The average molecular weight is 190 g/mol. The van der Waals surface area contributed by atoms with Gasteiger partial charge in [-0.3, -0.25) is 0 Å². The van der Waals surface area contributed by atoms with Gasteiger partial charge in [0.15, 0.2) is 0 Å². The number of ether oxygens (including phenoxy) is 1. The lowest BCUT2D eigenvalue weighted by molar-refractivity contribution is -0.117. The molecule has 0 N–H and O–H groups in total. The van der Waals surface area contributed by atoms with Crippen LogP contribution < -0.4 is 4.74 Å². The first-order valence-corrected chi connectivity index (χ1v) is 4.90. The number of aryl methyl sites for hydroxylation is 1. The minimum absolute atomic E-state index is 0.231. The average Bonchev–Trinajstić information content (AvgIpc) is 2.49. The Balaban J connectivity index is 2.33. The molecular weight excluding hydrogens is 176 g/mol. The molecule has 1 atom stereocenters. The molecule has 0 bridgehead atoms. The number of benzene rings is 1. The van der Waals surface area contributed by atoms with Crippen LogP contribution in [0.4, 0.5) is 0 Å². The van der Waals surface area contributed by atoms with Crippen molar-refractivity contribution >= 4 is 5.78 Å². The van der Waals surface area contributed by atoms with Crippen molar-refractivity contribution in [2.24, 2.45) is 0 Å². The standard InChI is InChI=1S/C12H14O2/c1-8-4-3-5-11-12(8)10(7-14-11)6-9(2)13/h3-5,10H,6-7H2,1-2H3. The monoisotopic (exact) mass is 190 g/mol. The predicted octanol–water partition coefficient (Wildman–Crippen LogP) is 2.45. The van der Waals surface area contributed by atoms with Gasteiger partial charge in [0.25, 0.3) is 0 Å². The zero-order valence-electron chi connectivity index (χ0n) is 8.54. The van der Waals surface area contributed by atoms with Crippen LogP contribution in [0.15, 0.2) is 18.2 Å². The van der Waals surface area contributed by atoms with Crippen molar-refractivity contribution in [1.29, 1.82) is 0 Å². The highest BCUT2D eigenvalue weighted by Gasteiger charge is 2.26. The van der Waals surface area contributed by atoms with Crippen LogP contribution in [0.5, 0.6) is 5.75 Å². The lowest BCUT2D eigenvalue weighted by atomic mass is 9.93. The summed E-state index contributed by atoms with van der Waals surface area (Å²) in [4.78, 5) is 11.1. The number of ketones is 1. The largest absolute Gasteiger partial charge is 0.493 e. The van der Waals surface area contributed by atoms with Crippen LogP contribution in [-0.4, -0.2) is 12.4 Å². The summed E-state index contributed by atoms with van der Waals surface area (Å²) in [6, 6.07) is 6.04. The Kier molecular flexibility index (Phi) is 2.28. The normalized spacial score (nSPS) is 18.9. The Hall–Kier alpha value is -1.31. The quantitative estimate of drug-likeness (QED) is 0.716. The fraction of sp³-hybridized carbons (Fsp3) is 0.417. The predicted molar refractivity (Wildman–Crippen MR) is 54.7 cm³/mol. The highest BCUT2D eigenvalue weighted by molar-refractivity contribution is 5.77. The zero-order chi connectivity index (χ0) is 10.1. The van der Waals surface area contributed by atoms with E-state index in [9.17, 15) is 4.79 Å². The Morgan fingerprint density at radius 3 is 3.07 bits per heavy atom. The molecule has 74 valence electrons. The molecule has 0 fully saturated rings. The van der Waals surface area contributed by atoms with Crippen molar-refractivity contribution in [2.45, 2.75) is 26.2 Å². The highest BCUT2D eigenvalue weighted by Crippen LogP contribution is 2.37. The van der Waals surface area contributed by atoms with Crippen LogP contribution in [-0.2, 0) is 4.79 Å². The number of carbonyl (C=O) groups excluding carboxylic acids is 1. The summed E-state index contributed by atoms with van der Waals surface area (Å²) in [6.07, 6.45) is 0.595. The highest BCUT2D eigenvalue weighted by atomic mass is 16.5. The molecule has 0 amide bonds. The summed E-state index contributed by atoms with van der Waals surface area (Å²) in [7, 11) is 0. The van der Waals surface area contributed by atoms with Gasteiger partial charge in [0.2, 0.25) is 0 Å². The van der Waals surface area contributed by atoms with Crippen molar-refractivity contribution in [2.75, 3.05) is 6.61 Å². The third kappa shape index (κ3) is 1.52. The van der Waals surface area contributed by atoms with E-state index < -0.39 is 0 Å². The third-order valence-corrected chi connectivity index (χ3v) is 2.67. The first-order chi connectivity index (χ1) is 6.68. The van der Waals surface area contributed by atoms with Crippen LogP contribution in [0.2, 0.25) is 0 Å². The Labute approximate surface area is 83.9 Å². The first-order valence-electron chi connectivity index (χ1n) is 4.90. The van der Waals surface area contributed by atoms with Crippen molar-refractivity contribution in [3.63, 3.8) is 0 Å². The van der Waals surface area contributed by atoms with Gasteiger partial charge in [0.1, 0.15) is 11.5 Å². The van der Waals surface area contributed by atoms with E-state index in [0.717, 1.165) is 5.75 Å². The number of Topliss-reactive ketones (excluding diaryl/α,β-unsaturated/α-hetero) is 1. The lowest BCUT2D eigenvalue weighted by Crippen LogP contribution is -2.06. The van der Waals surface area contributed by atoms with Gasteiger partial charge in [0, 0.05) is 17.9 Å². The molecule has 1 aromatic rings. The summed E-state index contributed by atoms with van der Waals surface area (Å²) in [5.74, 6) is 1.45. The Morgan fingerprint density at radius 2 is 2.36 bits per heavy atom. The second-order valence-electron chi connectivity index (χ2n) is 3.90. The number of hydrogen-bond donors (Lipinski definition) is 0. The van der Waals surface area contributed by atoms with Gasteiger partial charge in [-0.2, -0.15) is 0 Å². The van der Waals surface area contributed by atoms with Gasteiger partial charge in [-0.25, -0.2) is 0 Å². The van der Waals surface area contributed by atoms with Gasteiger partial charge in [-0.15, -0.1) is 0 Å². The van der Waals surface area contributed by atoms with Crippen LogP contribution in [0.25, 0.3) is 0 Å². The SMILES string of the molecule is CC(=O)CC1COc2cccc(C)c21. The molecule has 2 rings (SSSR count). The van der Waals surface area contributed by atoms with Gasteiger partial charge in [-0.05, 0) is 25.5 Å². The van der Waals surface area contributed by atoms with E-state index in [4.69, 9.17) is 4.74 Å². The van der Waals surface area contributed by atoms with E-state index in [2.05, 4.69) is 13.0 Å². The van der Waals surface area contributed by atoms with E-state index in [1.165, 1.54) is 11.1 Å². The molecular formula is C12H14O2. The second-order valence-corrected chi connectivity index (χ2v) is 3.90. The molecule has 1 unspecified atom stereocenters. The zero-order valence-corrected chi connectivity index (χ0v) is 8.54. The van der Waals surface area contributed by atoms with Crippen LogP contribution >= 0.6 is 0 Å². The van der Waals surface area contributed by atoms with Crippen molar-refractivity contribution in [3.05, 3.63) is 29.3 Å². The molecule has 2 nitrogen and oxygen atoms in total. The lowest BCUT2D eigenvalue weighted by Gasteiger charge is -2.08. The van der Waals surface area contributed by atoms with E-state index in [1.54, 1.807) is 6.92 Å². The fourth-order valence-electron chi connectivity index (χ4n) is 2.08. The molecule has 1 aromatic carbocycles. The van der Waals surface area contributed by atoms with Crippen molar-refractivity contribution in [1.82, 2.24) is 0 Å². The van der Waals surface area contributed by atoms with Gasteiger partial charge >= 0.3 is 0 Å². The number of rotatable bonds is 2. The minimum Gasteiger partial charge on any atom is -0.493 e. The molecule has 1 aliphatic heterocycles. The summed E-state index contributed by atoms with van der Waals surface area (Å²) in [6.45, 7) is 4.36. The molecule has 0 radical (unpaired) electrons. The second kappa shape index (κ2) is 3.45. The van der Waals surface area contributed by atoms with E-state index in [0.29, 0.717) is 13.0 Å². The van der Waals surface area contributed by atoms with E-state index >= 15 is 0 Å². The molecule has 0 aliphatic carbocycles. The van der Waals surface area contributed by atoms with Crippen LogP contribution in [0, 0.1) is 6.92 Å². The van der Waals surface area contributed by atoms with Crippen LogP contribution in [0.3, 0.4) is 0 Å². The van der Waals surface area contributed by atoms with Gasteiger partial charge in [0.05, 0.1) is 6.61 Å². The van der Waals surface area contributed by atoms with E-state index in [1.807, 2.05) is 12.1 Å². The Morgan fingerprint density at radius 1 is 1.57 bits per heavy atom. The maximum absolute atomic E-state index is 11.1. The van der Waals surface area contributed by atoms with Crippen molar-refractivity contribution in [3.8, 4) is 5.75 Å². The molecule has 0 aromatic heterocycles. The maximum Gasteiger partial charge on any atom is 0.130 e. The van der Waals surface area contributed by atoms with Gasteiger partial charge in [-0.1, -0.05) is 12.1 Å². The van der Waals surface area contributed by atoms with E-state index in [-0.39, 0.29) is 11.7 Å². The molecule has 1 heterocycles. The molecule has 0 saturated carbocycles. The van der Waals surface area contributed by atoms with Crippen molar-refractivity contribution < 1.29 is 9.53 Å². The molecule has 0 saturated heterocycles. The first kappa shape index (κ1) is 9.25. The number of fused-ring (bicyclic) bond motifs is 1. The Bertz CT molecular complexity index is 369. The smallest absolute Gasteiger partial charge is 0.130 e. The molecule has 0 spiro atoms. The number of carbonyl (C=O) groups is 1. The van der Waals surface area contributed by atoms with Crippen LogP contribution in [0.1, 0.15) is 30.4 Å². The molecule has 1 aliphatic rings. The summed E-state index contributed by atoms with van der Waals surface area (Å²) >= 11 is 0. The molecule has 14 heavy (non-hydrogen) atoms. The third-order valence-electron chi connectivity index (χ3n) is 2.67. The topological polar surface area (TPSA) is 26.3 Å². The molecule has 2 heteroatoms. The summed E-state index contributed by atoms with van der Waals surface area (Å²) < 4.78 is 5.54.